The molecule has 0 radical (unpaired) electrons. The van der Waals surface area contributed by atoms with Crippen LogP contribution in [-0.2, 0) is 16.0 Å². The number of carbonyl (C=O) groups is 1. The standard InChI is InChI=1S/C12H14F3NO4/c1-4-19-9(17)6-8-5-7(2)16-11(10(8)18-3)20-12(13,14)15/h5H,4,6H2,1-3H3. The fourth-order valence-corrected chi connectivity index (χ4v) is 1.59. The van der Waals surface area contributed by atoms with Gasteiger partial charge in [0.1, 0.15) is 0 Å². The van der Waals surface area contributed by atoms with Gasteiger partial charge < -0.3 is 14.2 Å². The Kier molecular flexibility index (Phi) is 5.18. The van der Waals surface area contributed by atoms with Crippen molar-refractivity contribution in [3.8, 4) is 11.6 Å². The molecule has 0 aliphatic heterocycles. The third-order valence-corrected chi connectivity index (χ3v) is 2.20. The van der Waals surface area contributed by atoms with E-state index in [2.05, 4.69) is 9.72 Å². The Morgan fingerprint density at radius 3 is 2.55 bits per heavy atom. The molecule has 1 aromatic rings. The molecule has 0 atom stereocenters. The lowest BCUT2D eigenvalue weighted by atomic mass is 10.1. The van der Waals surface area contributed by atoms with Gasteiger partial charge in [0.05, 0.1) is 20.1 Å². The number of alkyl halides is 3. The molecule has 8 heteroatoms. The van der Waals surface area contributed by atoms with E-state index in [-0.39, 0.29) is 30.0 Å². The van der Waals surface area contributed by atoms with Crippen molar-refractivity contribution in [1.82, 2.24) is 4.98 Å². The first-order chi connectivity index (χ1) is 9.26. The molecule has 0 aromatic carbocycles. The number of halogens is 3. The van der Waals surface area contributed by atoms with Gasteiger partial charge in [-0.15, -0.1) is 13.2 Å². The maximum absolute atomic E-state index is 12.3. The second-order valence-corrected chi connectivity index (χ2v) is 3.79. The van der Waals surface area contributed by atoms with Crippen LogP contribution in [0.3, 0.4) is 0 Å². The Morgan fingerprint density at radius 2 is 2.05 bits per heavy atom. The molecule has 20 heavy (non-hydrogen) atoms. The summed E-state index contributed by atoms with van der Waals surface area (Å²) < 4.78 is 50.3. The maximum atomic E-state index is 12.3. The monoisotopic (exact) mass is 293 g/mol. The predicted octanol–water partition coefficient (Wildman–Crippen LogP) is 2.40. The summed E-state index contributed by atoms with van der Waals surface area (Å²) in [5.41, 5.74) is 0.488. The Bertz CT molecular complexity index is 488. The molecule has 1 aromatic heterocycles. The van der Waals surface area contributed by atoms with Crippen LogP contribution in [0, 0.1) is 6.92 Å². The quantitative estimate of drug-likeness (QED) is 0.780. The van der Waals surface area contributed by atoms with Gasteiger partial charge in [0.25, 0.3) is 5.88 Å². The zero-order valence-electron chi connectivity index (χ0n) is 11.2. The van der Waals surface area contributed by atoms with E-state index in [1.165, 1.54) is 20.1 Å². The Morgan fingerprint density at radius 1 is 1.40 bits per heavy atom. The summed E-state index contributed by atoms with van der Waals surface area (Å²) in [4.78, 5) is 15.1. The maximum Gasteiger partial charge on any atom is 0.574 e. The third-order valence-electron chi connectivity index (χ3n) is 2.20. The van der Waals surface area contributed by atoms with Crippen LogP contribution in [0.5, 0.6) is 11.6 Å². The predicted molar refractivity (Wildman–Crippen MR) is 62.5 cm³/mol. The van der Waals surface area contributed by atoms with Crippen molar-refractivity contribution in [2.45, 2.75) is 26.6 Å². The molecule has 0 spiro atoms. The van der Waals surface area contributed by atoms with E-state index >= 15 is 0 Å². The summed E-state index contributed by atoms with van der Waals surface area (Å²) in [5.74, 6) is -1.53. The molecule has 0 unspecified atom stereocenters. The molecular weight excluding hydrogens is 279 g/mol. The number of nitrogens with zero attached hydrogens (tertiary/aromatic N) is 1. The summed E-state index contributed by atoms with van der Waals surface area (Å²) in [6.45, 7) is 3.29. The summed E-state index contributed by atoms with van der Waals surface area (Å²) in [7, 11) is 1.17. The van der Waals surface area contributed by atoms with Crippen LogP contribution < -0.4 is 9.47 Å². The fourth-order valence-electron chi connectivity index (χ4n) is 1.59. The van der Waals surface area contributed by atoms with Crippen LogP contribution in [0.15, 0.2) is 6.07 Å². The van der Waals surface area contributed by atoms with Gasteiger partial charge in [0.2, 0.25) is 0 Å². The molecule has 0 N–H and O–H groups in total. The van der Waals surface area contributed by atoms with Crippen molar-refractivity contribution in [1.29, 1.82) is 0 Å². The normalized spacial score (nSPS) is 11.1. The smallest absolute Gasteiger partial charge is 0.491 e. The summed E-state index contributed by atoms with van der Waals surface area (Å²) in [6, 6.07) is 1.44. The Labute approximate surface area is 113 Å². The van der Waals surface area contributed by atoms with Crippen LogP contribution in [0.4, 0.5) is 13.2 Å². The average Bonchev–Trinajstić information content (AvgIpc) is 2.26. The number of aryl methyl sites for hydroxylation is 1. The topological polar surface area (TPSA) is 57.7 Å². The second kappa shape index (κ2) is 6.44. The van der Waals surface area contributed by atoms with E-state index in [0.29, 0.717) is 0 Å². The molecule has 1 rings (SSSR count). The zero-order chi connectivity index (χ0) is 15.3. The number of hydrogen-bond acceptors (Lipinski definition) is 5. The average molecular weight is 293 g/mol. The first kappa shape index (κ1) is 16.1. The van der Waals surface area contributed by atoms with Gasteiger partial charge in [-0.05, 0) is 19.9 Å². The lowest BCUT2D eigenvalue weighted by Crippen LogP contribution is -2.19. The second-order valence-electron chi connectivity index (χ2n) is 3.79. The summed E-state index contributed by atoms with van der Waals surface area (Å²) in [5, 5.41) is 0. The highest BCUT2D eigenvalue weighted by atomic mass is 19.4. The van der Waals surface area contributed by atoms with E-state index in [9.17, 15) is 18.0 Å². The Hall–Kier alpha value is -1.99. The molecular formula is C12H14F3NO4. The van der Waals surface area contributed by atoms with Crippen molar-refractivity contribution in [2.75, 3.05) is 13.7 Å². The van der Waals surface area contributed by atoms with E-state index in [1.54, 1.807) is 6.92 Å². The molecule has 0 saturated carbocycles. The number of hydrogen-bond donors (Lipinski definition) is 0. The Balaban J connectivity index is 3.13. The molecule has 0 bridgehead atoms. The molecule has 0 saturated heterocycles. The van der Waals surface area contributed by atoms with Gasteiger partial charge in [0, 0.05) is 11.3 Å². The summed E-state index contributed by atoms with van der Waals surface area (Å²) in [6.07, 6.45) is -5.12. The SMILES string of the molecule is CCOC(=O)Cc1cc(C)nc(OC(F)(F)F)c1OC. The number of esters is 1. The van der Waals surface area contributed by atoms with E-state index in [4.69, 9.17) is 9.47 Å². The van der Waals surface area contributed by atoms with Gasteiger partial charge in [-0.25, -0.2) is 4.98 Å². The van der Waals surface area contributed by atoms with Gasteiger partial charge in [0.15, 0.2) is 5.75 Å². The molecule has 0 aliphatic rings. The molecule has 5 nitrogen and oxygen atoms in total. The minimum absolute atomic E-state index is 0.178. The van der Waals surface area contributed by atoms with Crippen LogP contribution in [0.2, 0.25) is 0 Å². The highest BCUT2D eigenvalue weighted by molar-refractivity contribution is 5.74. The zero-order valence-corrected chi connectivity index (χ0v) is 11.2. The lowest BCUT2D eigenvalue weighted by Gasteiger charge is -2.15. The van der Waals surface area contributed by atoms with Gasteiger partial charge in [-0.2, -0.15) is 0 Å². The first-order valence-electron chi connectivity index (χ1n) is 5.72. The van der Waals surface area contributed by atoms with Crippen molar-refractivity contribution in [3.05, 3.63) is 17.3 Å². The minimum Gasteiger partial charge on any atom is -0.491 e. The van der Waals surface area contributed by atoms with Gasteiger partial charge >= 0.3 is 12.3 Å². The third kappa shape index (κ3) is 4.60. The molecule has 0 amide bonds. The van der Waals surface area contributed by atoms with Crippen LogP contribution in [-0.4, -0.2) is 31.0 Å². The molecule has 1 heterocycles. The first-order valence-corrected chi connectivity index (χ1v) is 5.72. The van der Waals surface area contributed by atoms with Gasteiger partial charge in [-0.3, -0.25) is 4.79 Å². The molecule has 0 aliphatic carbocycles. The van der Waals surface area contributed by atoms with Crippen LogP contribution >= 0.6 is 0 Å². The lowest BCUT2D eigenvalue weighted by molar-refractivity contribution is -0.276. The summed E-state index contributed by atoms with van der Waals surface area (Å²) >= 11 is 0. The van der Waals surface area contributed by atoms with Crippen molar-refractivity contribution in [3.63, 3.8) is 0 Å². The number of carbonyl (C=O) groups excluding carboxylic acids is 1. The van der Waals surface area contributed by atoms with E-state index in [0.717, 1.165) is 0 Å². The minimum atomic E-state index is -4.89. The van der Waals surface area contributed by atoms with Crippen molar-refractivity contribution >= 4 is 5.97 Å². The molecule has 0 fully saturated rings. The van der Waals surface area contributed by atoms with Crippen molar-refractivity contribution in [2.24, 2.45) is 0 Å². The van der Waals surface area contributed by atoms with E-state index in [1.807, 2.05) is 0 Å². The van der Waals surface area contributed by atoms with Crippen molar-refractivity contribution < 1.29 is 32.2 Å². The number of methoxy groups -OCH3 is 1. The van der Waals surface area contributed by atoms with Gasteiger partial charge in [-0.1, -0.05) is 0 Å². The number of ether oxygens (including phenoxy) is 3. The number of pyridine rings is 1. The van der Waals surface area contributed by atoms with E-state index < -0.39 is 18.2 Å². The van der Waals surface area contributed by atoms with Crippen LogP contribution in [0.25, 0.3) is 0 Å². The largest absolute Gasteiger partial charge is 0.574 e. The molecule has 112 valence electrons. The highest BCUT2D eigenvalue weighted by Gasteiger charge is 2.34. The number of aromatic nitrogens is 1. The number of rotatable bonds is 5. The van der Waals surface area contributed by atoms with Crippen LogP contribution in [0.1, 0.15) is 18.2 Å². The highest BCUT2D eigenvalue weighted by Crippen LogP contribution is 2.34. The fraction of sp³-hybridized carbons (Fsp3) is 0.500.